The molecule has 0 radical (unpaired) electrons. The van der Waals surface area contributed by atoms with Crippen molar-refractivity contribution in [2.75, 3.05) is 12.3 Å². The van der Waals surface area contributed by atoms with Crippen LogP contribution in [0.15, 0.2) is 6.07 Å². The summed E-state index contributed by atoms with van der Waals surface area (Å²) in [4.78, 5) is 12.5. The highest BCUT2D eigenvalue weighted by Gasteiger charge is 2.14. The fourth-order valence-electron chi connectivity index (χ4n) is 1.20. The van der Waals surface area contributed by atoms with Crippen molar-refractivity contribution in [3.63, 3.8) is 0 Å². The maximum absolute atomic E-state index is 11.4. The normalized spacial score (nSPS) is 10.1. The van der Waals surface area contributed by atoms with E-state index in [9.17, 15) is 4.79 Å². The molecule has 0 unspecified atom stereocenters. The van der Waals surface area contributed by atoms with Crippen molar-refractivity contribution in [3.05, 3.63) is 16.5 Å². The monoisotopic (exact) mass is 213 g/mol. The third-order valence-corrected chi connectivity index (χ3v) is 2.83. The highest BCUT2D eigenvalue weighted by molar-refractivity contribution is 7.16. The Morgan fingerprint density at radius 2 is 2.29 bits per heavy atom. The summed E-state index contributed by atoms with van der Waals surface area (Å²) in [5.74, 6) is -0.316. The predicted octanol–water partition coefficient (Wildman–Crippen LogP) is 2.46. The molecule has 14 heavy (non-hydrogen) atoms. The van der Waals surface area contributed by atoms with Crippen LogP contribution in [-0.2, 0) is 11.2 Å². The average Bonchev–Trinajstić information content (AvgIpc) is 2.48. The summed E-state index contributed by atoms with van der Waals surface area (Å²) >= 11 is 1.47. The SMILES string of the molecule is CCCc1cc(C(=O)OCC)c(N)s1. The van der Waals surface area contributed by atoms with Crippen LogP contribution in [0.3, 0.4) is 0 Å². The van der Waals surface area contributed by atoms with E-state index in [1.54, 1.807) is 6.92 Å². The Bertz CT molecular complexity index is 320. The van der Waals surface area contributed by atoms with Gasteiger partial charge < -0.3 is 10.5 Å². The average molecular weight is 213 g/mol. The van der Waals surface area contributed by atoms with Crippen molar-refractivity contribution in [3.8, 4) is 0 Å². The Hall–Kier alpha value is -1.03. The minimum atomic E-state index is -0.316. The molecular formula is C10H15NO2S. The number of nitrogens with two attached hydrogens (primary N) is 1. The minimum absolute atomic E-state index is 0.316. The summed E-state index contributed by atoms with van der Waals surface area (Å²) in [7, 11) is 0. The quantitative estimate of drug-likeness (QED) is 0.782. The van der Waals surface area contributed by atoms with E-state index in [0.717, 1.165) is 17.7 Å². The van der Waals surface area contributed by atoms with Gasteiger partial charge in [0.05, 0.1) is 12.2 Å². The Kier molecular flexibility index (Phi) is 3.95. The highest BCUT2D eigenvalue weighted by atomic mass is 32.1. The van der Waals surface area contributed by atoms with Gasteiger partial charge in [-0.2, -0.15) is 0 Å². The van der Waals surface area contributed by atoms with Crippen LogP contribution in [0.4, 0.5) is 5.00 Å². The first-order chi connectivity index (χ1) is 6.69. The number of esters is 1. The largest absolute Gasteiger partial charge is 0.462 e. The molecule has 3 nitrogen and oxygen atoms in total. The van der Waals surface area contributed by atoms with Crippen LogP contribution < -0.4 is 5.73 Å². The molecule has 1 rings (SSSR count). The molecule has 0 spiro atoms. The number of thiophene rings is 1. The summed E-state index contributed by atoms with van der Waals surface area (Å²) in [6.45, 7) is 4.27. The van der Waals surface area contributed by atoms with Crippen LogP contribution in [-0.4, -0.2) is 12.6 Å². The molecule has 0 fully saturated rings. The first-order valence-corrected chi connectivity index (χ1v) is 5.56. The van der Waals surface area contributed by atoms with Gasteiger partial charge in [-0.05, 0) is 19.4 Å². The number of carbonyl (C=O) groups excluding carboxylic acids is 1. The second-order valence-corrected chi connectivity index (χ2v) is 4.13. The lowest BCUT2D eigenvalue weighted by Crippen LogP contribution is -2.05. The summed E-state index contributed by atoms with van der Waals surface area (Å²) < 4.78 is 4.89. The number of rotatable bonds is 4. The molecule has 2 N–H and O–H groups in total. The second-order valence-electron chi connectivity index (χ2n) is 2.96. The topological polar surface area (TPSA) is 52.3 Å². The first kappa shape index (κ1) is 11.0. The fourth-order valence-corrected chi connectivity index (χ4v) is 2.21. The van der Waals surface area contributed by atoms with Gasteiger partial charge in [0.2, 0.25) is 0 Å². The van der Waals surface area contributed by atoms with Crippen molar-refractivity contribution in [2.24, 2.45) is 0 Å². The lowest BCUT2D eigenvalue weighted by Gasteiger charge is -1.98. The number of aryl methyl sites for hydroxylation is 1. The van der Waals surface area contributed by atoms with Crippen LogP contribution in [0.2, 0.25) is 0 Å². The van der Waals surface area contributed by atoms with E-state index in [1.807, 2.05) is 6.07 Å². The van der Waals surface area contributed by atoms with Gasteiger partial charge in [-0.15, -0.1) is 11.3 Å². The number of hydrogen-bond acceptors (Lipinski definition) is 4. The molecule has 0 aliphatic heterocycles. The summed E-state index contributed by atoms with van der Waals surface area (Å²) in [6.07, 6.45) is 2.02. The Morgan fingerprint density at radius 3 is 2.86 bits per heavy atom. The number of ether oxygens (including phenoxy) is 1. The highest BCUT2D eigenvalue weighted by Crippen LogP contribution is 2.26. The van der Waals surface area contributed by atoms with Crippen LogP contribution in [0.25, 0.3) is 0 Å². The fraction of sp³-hybridized carbons (Fsp3) is 0.500. The molecule has 0 atom stereocenters. The summed E-state index contributed by atoms with van der Waals surface area (Å²) in [5.41, 5.74) is 6.23. The Labute approximate surface area is 87.9 Å². The van der Waals surface area contributed by atoms with Gasteiger partial charge >= 0.3 is 5.97 Å². The van der Waals surface area contributed by atoms with Gasteiger partial charge in [0.25, 0.3) is 0 Å². The molecule has 4 heteroatoms. The zero-order valence-corrected chi connectivity index (χ0v) is 9.32. The number of hydrogen-bond donors (Lipinski definition) is 1. The van der Waals surface area contributed by atoms with Gasteiger partial charge in [-0.25, -0.2) is 4.79 Å². The lowest BCUT2D eigenvalue weighted by molar-refractivity contribution is 0.0528. The van der Waals surface area contributed by atoms with Crippen molar-refractivity contribution in [2.45, 2.75) is 26.7 Å². The Morgan fingerprint density at radius 1 is 1.57 bits per heavy atom. The molecule has 1 aromatic rings. The molecule has 0 aliphatic rings. The predicted molar refractivity (Wildman–Crippen MR) is 58.7 cm³/mol. The van der Waals surface area contributed by atoms with E-state index in [0.29, 0.717) is 17.2 Å². The van der Waals surface area contributed by atoms with Gasteiger partial charge in [-0.3, -0.25) is 0 Å². The number of anilines is 1. The molecule has 0 saturated carbocycles. The second kappa shape index (κ2) is 5.00. The van der Waals surface area contributed by atoms with Crippen LogP contribution >= 0.6 is 11.3 Å². The first-order valence-electron chi connectivity index (χ1n) is 4.74. The Balaban J connectivity index is 2.81. The zero-order valence-electron chi connectivity index (χ0n) is 8.50. The maximum Gasteiger partial charge on any atom is 0.341 e. The number of carbonyl (C=O) groups is 1. The summed E-state index contributed by atoms with van der Waals surface area (Å²) in [5, 5.41) is 0.562. The smallest absolute Gasteiger partial charge is 0.341 e. The molecule has 78 valence electrons. The van der Waals surface area contributed by atoms with Gasteiger partial charge in [0.15, 0.2) is 0 Å². The van der Waals surface area contributed by atoms with E-state index >= 15 is 0 Å². The van der Waals surface area contributed by atoms with E-state index in [4.69, 9.17) is 10.5 Å². The zero-order chi connectivity index (χ0) is 10.6. The molecule has 1 heterocycles. The molecule has 0 aliphatic carbocycles. The van der Waals surface area contributed by atoms with Gasteiger partial charge in [0, 0.05) is 4.88 Å². The van der Waals surface area contributed by atoms with Gasteiger partial charge in [0.1, 0.15) is 5.00 Å². The number of nitrogen functional groups attached to an aromatic ring is 1. The van der Waals surface area contributed by atoms with Crippen molar-refractivity contribution in [1.29, 1.82) is 0 Å². The van der Waals surface area contributed by atoms with E-state index < -0.39 is 0 Å². The van der Waals surface area contributed by atoms with E-state index in [-0.39, 0.29) is 5.97 Å². The third-order valence-electron chi connectivity index (χ3n) is 1.80. The van der Waals surface area contributed by atoms with Gasteiger partial charge in [-0.1, -0.05) is 13.3 Å². The van der Waals surface area contributed by atoms with E-state index in [1.165, 1.54) is 11.3 Å². The van der Waals surface area contributed by atoms with Crippen molar-refractivity contribution >= 4 is 22.3 Å². The lowest BCUT2D eigenvalue weighted by atomic mass is 10.2. The molecule has 1 aromatic heterocycles. The molecular weight excluding hydrogens is 198 g/mol. The van der Waals surface area contributed by atoms with Crippen LogP contribution in [0, 0.1) is 0 Å². The van der Waals surface area contributed by atoms with E-state index in [2.05, 4.69) is 6.92 Å². The molecule has 0 bridgehead atoms. The maximum atomic E-state index is 11.4. The minimum Gasteiger partial charge on any atom is -0.462 e. The van der Waals surface area contributed by atoms with Crippen LogP contribution in [0.5, 0.6) is 0 Å². The standard InChI is InChI=1S/C10H15NO2S/c1-3-5-7-6-8(9(11)14-7)10(12)13-4-2/h6H,3-5,11H2,1-2H3. The van der Waals surface area contributed by atoms with Crippen molar-refractivity contribution in [1.82, 2.24) is 0 Å². The van der Waals surface area contributed by atoms with Crippen molar-refractivity contribution < 1.29 is 9.53 Å². The molecule has 0 saturated heterocycles. The summed E-state index contributed by atoms with van der Waals surface area (Å²) in [6, 6.07) is 1.83. The van der Waals surface area contributed by atoms with Crippen LogP contribution in [0.1, 0.15) is 35.5 Å². The molecule has 0 amide bonds. The molecule has 0 aromatic carbocycles. The third kappa shape index (κ3) is 2.48.